The zero-order valence-corrected chi connectivity index (χ0v) is 11.0. The Morgan fingerprint density at radius 3 is 2.26 bits per heavy atom. The highest BCUT2D eigenvalue weighted by Crippen LogP contribution is 2.43. The molecule has 1 aromatic carbocycles. The van der Waals surface area contributed by atoms with Crippen molar-refractivity contribution in [2.24, 2.45) is 0 Å². The van der Waals surface area contributed by atoms with E-state index in [9.17, 15) is 0 Å². The maximum atomic E-state index is 5.67. The van der Waals surface area contributed by atoms with Crippen molar-refractivity contribution in [1.29, 1.82) is 0 Å². The molecule has 6 heteroatoms. The molecule has 2 rings (SSSR count). The number of nitrogens with zero attached hydrogens (tertiary/aromatic N) is 2. The first-order valence-electron chi connectivity index (χ1n) is 5.58. The predicted octanol–water partition coefficient (Wildman–Crippen LogP) is 1.75. The fourth-order valence-electron chi connectivity index (χ4n) is 1.82. The smallest absolute Gasteiger partial charge is 0.203 e. The van der Waals surface area contributed by atoms with Crippen LogP contribution in [0.1, 0.15) is 0 Å². The van der Waals surface area contributed by atoms with Crippen LogP contribution in [0.15, 0.2) is 24.5 Å². The van der Waals surface area contributed by atoms with Crippen LogP contribution in [0, 0.1) is 0 Å². The average molecular weight is 261 g/mol. The maximum absolute atomic E-state index is 5.67. The minimum Gasteiger partial charge on any atom is -0.493 e. The summed E-state index contributed by atoms with van der Waals surface area (Å²) in [6.07, 6.45) is 1.40. The fourth-order valence-corrected chi connectivity index (χ4v) is 1.82. The Hall–Kier alpha value is -2.50. The second kappa shape index (κ2) is 5.43. The monoisotopic (exact) mass is 261 g/mol. The Labute approximate surface area is 111 Å². The van der Waals surface area contributed by atoms with Crippen molar-refractivity contribution in [1.82, 2.24) is 9.97 Å². The second-order valence-electron chi connectivity index (χ2n) is 3.71. The van der Waals surface area contributed by atoms with Crippen LogP contribution in [0.4, 0.5) is 5.82 Å². The van der Waals surface area contributed by atoms with Crippen LogP contribution >= 0.6 is 0 Å². The fraction of sp³-hybridized carbons (Fsp3) is 0.231. The van der Waals surface area contributed by atoms with Gasteiger partial charge in [-0.05, 0) is 12.1 Å². The van der Waals surface area contributed by atoms with E-state index in [0.717, 1.165) is 5.56 Å². The molecule has 0 aliphatic carbocycles. The molecule has 0 saturated carbocycles. The number of hydrogen-bond acceptors (Lipinski definition) is 6. The molecule has 0 saturated heterocycles. The Morgan fingerprint density at radius 2 is 1.68 bits per heavy atom. The van der Waals surface area contributed by atoms with Crippen molar-refractivity contribution in [3.8, 4) is 28.5 Å². The first kappa shape index (κ1) is 12.9. The highest BCUT2D eigenvalue weighted by Gasteiger charge is 2.17. The molecular formula is C13H15N3O3. The minimum atomic E-state index is 0.391. The summed E-state index contributed by atoms with van der Waals surface area (Å²) >= 11 is 0. The first-order chi connectivity index (χ1) is 9.21. The molecule has 0 radical (unpaired) electrons. The highest BCUT2D eigenvalue weighted by atomic mass is 16.5. The number of nitrogens with two attached hydrogens (primary N) is 1. The Bertz CT molecular complexity index is 587. The molecule has 0 aliphatic heterocycles. The van der Waals surface area contributed by atoms with Gasteiger partial charge in [0.1, 0.15) is 12.1 Å². The number of hydrogen-bond donors (Lipinski definition) is 1. The molecule has 0 unspecified atom stereocenters. The average Bonchev–Trinajstić information content (AvgIpc) is 2.45. The Kier molecular flexibility index (Phi) is 3.70. The molecule has 0 aliphatic rings. The van der Waals surface area contributed by atoms with Crippen LogP contribution in [0.25, 0.3) is 11.3 Å². The lowest BCUT2D eigenvalue weighted by Crippen LogP contribution is -1.98. The second-order valence-corrected chi connectivity index (χ2v) is 3.71. The molecule has 0 spiro atoms. The molecule has 0 atom stereocenters. The number of methoxy groups -OCH3 is 3. The third kappa shape index (κ3) is 2.37. The summed E-state index contributed by atoms with van der Waals surface area (Å²) in [5.74, 6) is 2.03. The zero-order chi connectivity index (χ0) is 13.8. The van der Waals surface area contributed by atoms with Gasteiger partial charge in [-0.2, -0.15) is 0 Å². The molecule has 0 bridgehead atoms. The van der Waals surface area contributed by atoms with Crippen LogP contribution in [0.2, 0.25) is 0 Å². The summed E-state index contributed by atoms with van der Waals surface area (Å²) in [6.45, 7) is 0. The van der Waals surface area contributed by atoms with Gasteiger partial charge in [-0.1, -0.05) is 0 Å². The molecule has 0 fully saturated rings. The van der Waals surface area contributed by atoms with Gasteiger partial charge in [0, 0.05) is 11.6 Å². The third-order valence-corrected chi connectivity index (χ3v) is 2.67. The topological polar surface area (TPSA) is 79.5 Å². The number of ether oxygens (including phenoxy) is 3. The molecular weight excluding hydrogens is 246 g/mol. The molecule has 2 aromatic rings. The van der Waals surface area contributed by atoms with Gasteiger partial charge in [-0.15, -0.1) is 0 Å². The molecule has 19 heavy (non-hydrogen) atoms. The van der Waals surface area contributed by atoms with Crippen molar-refractivity contribution in [3.63, 3.8) is 0 Å². The third-order valence-electron chi connectivity index (χ3n) is 2.67. The lowest BCUT2D eigenvalue weighted by Gasteiger charge is -2.15. The van der Waals surface area contributed by atoms with Crippen LogP contribution < -0.4 is 19.9 Å². The Morgan fingerprint density at radius 1 is 0.947 bits per heavy atom. The van der Waals surface area contributed by atoms with E-state index < -0.39 is 0 Å². The van der Waals surface area contributed by atoms with Crippen LogP contribution in [0.5, 0.6) is 17.2 Å². The van der Waals surface area contributed by atoms with E-state index in [1.54, 1.807) is 33.5 Å². The van der Waals surface area contributed by atoms with Gasteiger partial charge in [0.05, 0.1) is 27.0 Å². The van der Waals surface area contributed by atoms with Gasteiger partial charge >= 0.3 is 0 Å². The summed E-state index contributed by atoms with van der Waals surface area (Å²) in [7, 11) is 4.68. The lowest BCUT2D eigenvalue weighted by molar-refractivity contribution is 0.325. The van der Waals surface area contributed by atoms with Gasteiger partial charge in [0.15, 0.2) is 11.5 Å². The van der Waals surface area contributed by atoms with E-state index >= 15 is 0 Å². The van der Waals surface area contributed by atoms with Gasteiger partial charge in [-0.25, -0.2) is 9.97 Å². The van der Waals surface area contributed by atoms with Crippen LogP contribution in [-0.2, 0) is 0 Å². The highest BCUT2D eigenvalue weighted by molar-refractivity contribution is 5.74. The minimum absolute atomic E-state index is 0.391. The summed E-state index contributed by atoms with van der Waals surface area (Å²) in [5.41, 5.74) is 7.08. The summed E-state index contributed by atoms with van der Waals surface area (Å²) in [6, 6.07) is 5.29. The molecule has 2 N–H and O–H groups in total. The van der Waals surface area contributed by atoms with E-state index in [1.807, 2.05) is 6.07 Å². The van der Waals surface area contributed by atoms with E-state index in [4.69, 9.17) is 19.9 Å². The number of rotatable bonds is 4. The van der Waals surface area contributed by atoms with Crippen LogP contribution in [0.3, 0.4) is 0 Å². The number of benzene rings is 1. The van der Waals surface area contributed by atoms with Crippen molar-refractivity contribution in [2.45, 2.75) is 0 Å². The van der Waals surface area contributed by atoms with E-state index in [2.05, 4.69) is 9.97 Å². The lowest BCUT2D eigenvalue weighted by atomic mass is 10.1. The van der Waals surface area contributed by atoms with Gasteiger partial charge in [-0.3, -0.25) is 0 Å². The Balaban J connectivity index is 2.64. The van der Waals surface area contributed by atoms with Crippen molar-refractivity contribution in [2.75, 3.05) is 27.1 Å². The molecule has 0 amide bonds. The molecule has 1 aromatic heterocycles. The van der Waals surface area contributed by atoms with E-state index in [0.29, 0.717) is 28.8 Å². The summed E-state index contributed by atoms with van der Waals surface area (Å²) in [5, 5.41) is 0. The molecule has 1 heterocycles. The van der Waals surface area contributed by atoms with Crippen molar-refractivity contribution < 1.29 is 14.2 Å². The zero-order valence-electron chi connectivity index (χ0n) is 11.0. The van der Waals surface area contributed by atoms with Crippen molar-refractivity contribution >= 4 is 5.82 Å². The molecule has 6 nitrogen and oxygen atoms in total. The normalized spacial score (nSPS) is 10.1. The first-order valence-corrected chi connectivity index (χ1v) is 5.58. The summed E-state index contributed by atoms with van der Waals surface area (Å²) in [4.78, 5) is 8.05. The van der Waals surface area contributed by atoms with Crippen LogP contribution in [-0.4, -0.2) is 31.3 Å². The number of nitrogen functional groups attached to an aromatic ring is 1. The number of aromatic nitrogens is 2. The van der Waals surface area contributed by atoms with Crippen molar-refractivity contribution in [3.05, 3.63) is 24.5 Å². The summed E-state index contributed by atoms with van der Waals surface area (Å²) < 4.78 is 16.0. The standard InChI is InChI=1S/C13H15N3O3/c1-17-10-5-4-8(12(18-2)13(10)19-3)9-6-11(14)16-7-15-9/h4-7H,1-3H3,(H2,14,15,16). The van der Waals surface area contributed by atoms with E-state index in [-0.39, 0.29) is 0 Å². The maximum Gasteiger partial charge on any atom is 0.203 e. The van der Waals surface area contributed by atoms with Gasteiger partial charge in [0.25, 0.3) is 0 Å². The SMILES string of the molecule is COc1ccc(-c2cc(N)ncn2)c(OC)c1OC. The van der Waals surface area contributed by atoms with Gasteiger partial charge < -0.3 is 19.9 Å². The number of anilines is 1. The predicted molar refractivity (Wildman–Crippen MR) is 71.5 cm³/mol. The quantitative estimate of drug-likeness (QED) is 0.903. The largest absolute Gasteiger partial charge is 0.493 e. The molecule has 100 valence electrons. The van der Waals surface area contributed by atoms with Gasteiger partial charge in [0.2, 0.25) is 5.75 Å². The van der Waals surface area contributed by atoms with E-state index in [1.165, 1.54) is 6.33 Å².